The van der Waals surface area contributed by atoms with E-state index in [-0.39, 0.29) is 0 Å². The maximum absolute atomic E-state index is 9.23. The Labute approximate surface area is 111 Å². The van der Waals surface area contributed by atoms with Crippen LogP contribution in [0.1, 0.15) is 11.5 Å². The normalized spacial score (nSPS) is 10.5. The van der Waals surface area contributed by atoms with Crippen molar-refractivity contribution in [3.63, 3.8) is 0 Å². The Balaban J connectivity index is 2.55. The van der Waals surface area contributed by atoms with Crippen molar-refractivity contribution < 1.29 is 0 Å². The van der Waals surface area contributed by atoms with Gasteiger partial charge in [-0.05, 0) is 33.2 Å². The highest BCUT2D eigenvalue weighted by molar-refractivity contribution is 6.03. The highest BCUT2D eigenvalue weighted by Gasteiger charge is 2.16. The number of nitrogens with zero attached hydrogens (tertiary/aromatic N) is 2. The lowest BCUT2D eigenvalue weighted by Gasteiger charge is -2.11. The van der Waals surface area contributed by atoms with E-state index < -0.39 is 5.92 Å². The molecule has 0 aromatic heterocycles. The molecule has 88 valence electrons. The highest BCUT2D eigenvalue weighted by atomic mass is 14.3. The van der Waals surface area contributed by atoms with Crippen LogP contribution in [0.5, 0.6) is 0 Å². The van der Waals surface area contributed by atoms with E-state index in [4.69, 9.17) is 0 Å². The van der Waals surface area contributed by atoms with Crippen molar-refractivity contribution in [2.24, 2.45) is 0 Å². The molecule has 19 heavy (non-hydrogen) atoms. The Morgan fingerprint density at radius 3 is 1.68 bits per heavy atom. The van der Waals surface area contributed by atoms with Crippen LogP contribution in [0.2, 0.25) is 0 Å². The van der Waals surface area contributed by atoms with Crippen LogP contribution in [-0.2, 0) is 0 Å². The van der Waals surface area contributed by atoms with Gasteiger partial charge >= 0.3 is 0 Å². The molecule has 0 saturated carbocycles. The minimum absolute atomic E-state index is 0.740. The lowest BCUT2D eigenvalue weighted by molar-refractivity contribution is 1.13. The van der Waals surface area contributed by atoms with E-state index >= 15 is 0 Å². The fraction of sp³-hybridized carbons (Fsp3) is 0.0588. The lowest BCUT2D eigenvalue weighted by atomic mass is 9.90. The van der Waals surface area contributed by atoms with Gasteiger partial charge < -0.3 is 0 Å². The Morgan fingerprint density at radius 2 is 1.21 bits per heavy atom. The van der Waals surface area contributed by atoms with Gasteiger partial charge in [-0.3, -0.25) is 0 Å². The molecule has 0 unspecified atom stereocenters. The molecule has 0 saturated heterocycles. The summed E-state index contributed by atoms with van der Waals surface area (Å²) in [6.07, 6.45) is 0. The van der Waals surface area contributed by atoms with Crippen LogP contribution in [0.15, 0.2) is 54.6 Å². The quantitative estimate of drug-likeness (QED) is 0.602. The Bertz CT molecular complexity index is 782. The topological polar surface area (TPSA) is 47.6 Å². The van der Waals surface area contributed by atoms with Crippen molar-refractivity contribution in [2.45, 2.75) is 5.92 Å². The van der Waals surface area contributed by atoms with Gasteiger partial charge in [0.2, 0.25) is 0 Å². The summed E-state index contributed by atoms with van der Waals surface area (Å²) < 4.78 is 0. The van der Waals surface area contributed by atoms with Gasteiger partial charge in [-0.1, -0.05) is 48.5 Å². The molecule has 0 amide bonds. The van der Waals surface area contributed by atoms with Gasteiger partial charge in [0.1, 0.15) is 0 Å². The third-order valence-corrected chi connectivity index (χ3v) is 3.36. The molecule has 3 rings (SSSR count). The second-order valence-electron chi connectivity index (χ2n) is 4.42. The highest BCUT2D eigenvalue weighted by Crippen LogP contribution is 2.33. The molecule has 0 heterocycles. The minimum atomic E-state index is -0.740. The van der Waals surface area contributed by atoms with Gasteiger partial charge in [0.15, 0.2) is 5.92 Å². The second kappa shape index (κ2) is 4.44. The molecule has 0 aliphatic heterocycles. The summed E-state index contributed by atoms with van der Waals surface area (Å²) in [6.45, 7) is 0. The molecular weight excluding hydrogens is 232 g/mol. The third-order valence-electron chi connectivity index (χ3n) is 3.36. The first-order valence-electron chi connectivity index (χ1n) is 6.05. The van der Waals surface area contributed by atoms with Gasteiger partial charge in [-0.15, -0.1) is 0 Å². The zero-order valence-electron chi connectivity index (χ0n) is 10.2. The maximum atomic E-state index is 9.23. The van der Waals surface area contributed by atoms with E-state index in [1.807, 2.05) is 48.5 Å². The van der Waals surface area contributed by atoms with Crippen LogP contribution in [-0.4, -0.2) is 0 Å². The first-order valence-corrected chi connectivity index (χ1v) is 6.05. The van der Waals surface area contributed by atoms with Crippen molar-refractivity contribution in [1.82, 2.24) is 0 Å². The van der Waals surface area contributed by atoms with Crippen molar-refractivity contribution >= 4 is 21.5 Å². The van der Waals surface area contributed by atoms with Gasteiger partial charge in [0.05, 0.1) is 12.1 Å². The van der Waals surface area contributed by atoms with E-state index in [0.717, 1.165) is 27.1 Å². The molecule has 3 aromatic carbocycles. The monoisotopic (exact) mass is 242 g/mol. The van der Waals surface area contributed by atoms with Crippen LogP contribution in [0.3, 0.4) is 0 Å². The maximum Gasteiger partial charge on any atom is 0.159 e. The molecule has 0 N–H and O–H groups in total. The first kappa shape index (κ1) is 11.3. The van der Waals surface area contributed by atoms with Gasteiger partial charge in [-0.2, -0.15) is 10.5 Å². The van der Waals surface area contributed by atoms with E-state index in [1.54, 1.807) is 0 Å². The summed E-state index contributed by atoms with van der Waals surface area (Å²) in [5, 5.41) is 22.5. The predicted octanol–water partition coefficient (Wildman–Crippen LogP) is 4.12. The summed E-state index contributed by atoms with van der Waals surface area (Å²) in [4.78, 5) is 0. The number of hydrogen-bond donors (Lipinski definition) is 0. The number of hydrogen-bond acceptors (Lipinski definition) is 2. The molecule has 0 fully saturated rings. The smallest absolute Gasteiger partial charge is 0.159 e. The van der Waals surface area contributed by atoms with Crippen LogP contribution in [0.4, 0.5) is 0 Å². The van der Waals surface area contributed by atoms with E-state index in [0.29, 0.717) is 0 Å². The predicted molar refractivity (Wildman–Crippen MR) is 75.4 cm³/mol. The minimum Gasteiger partial charge on any atom is -0.196 e. The number of rotatable bonds is 1. The van der Waals surface area contributed by atoms with Crippen molar-refractivity contribution in [3.05, 3.63) is 60.2 Å². The molecule has 2 nitrogen and oxygen atoms in total. The van der Waals surface area contributed by atoms with E-state index in [9.17, 15) is 10.5 Å². The Morgan fingerprint density at radius 1 is 0.737 bits per heavy atom. The molecule has 0 spiro atoms. The molecule has 0 bridgehead atoms. The Hall–Kier alpha value is -2.84. The van der Waals surface area contributed by atoms with Crippen molar-refractivity contribution in [3.8, 4) is 12.1 Å². The molecule has 0 aliphatic carbocycles. The molecule has 3 aromatic rings. The summed E-state index contributed by atoms with van der Waals surface area (Å²) in [5.41, 5.74) is 0.818. The van der Waals surface area contributed by atoms with Crippen LogP contribution in [0.25, 0.3) is 21.5 Å². The van der Waals surface area contributed by atoms with Crippen molar-refractivity contribution in [2.75, 3.05) is 0 Å². The van der Waals surface area contributed by atoms with Gasteiger partial charge in [0.25, 0.3) is 0 Å². The molecular formula is C17H10N2. The fourth-order valence-electron chi connectivity index (χ4n) is 2.52. The average Bonchev–Trinajstić information content (AvgIpc) is 2.47. The van der Waals surface area contributed by atoms with Crippen molar-refractivity contribution in [1.29, 1.82) is 10.5 Å². The lowest BCUT2D eigenvalue weighted by Crippen LogP contribution is -1.95. The van der Waals surface area contributed by atoms with Gasteiger partial charge in [-0.25, -0.2) is 0 Å². The number of nitriles is 2. The second-order valence-corrected chi connectivity index (χ2v) is 4.42. The van der Waals surface area contributed by atoms with E-state index in [1.165, 1.54) is 0 Å². The SMILES string of the molecule is N#CC(C#N)c1c2ccccc2cc2ccccc12. The number of benzene rings is 3. The Kier molecular flexibility index (Phi) is 2.63. The molecule has 0 aliphatic rings. The standard InChI is InChI=1S/C17H10N2/c18-10-14(11-19)17-15-7-3-1-5-12(15)9-13-6-2-4-8-16(13)17/h1-9,14H. The van der Waals surface area contributed by atoms with Crippen LogP contribution in [0, 0.1) is 22.7 Å². The average molecular weight is 242 g/mol. The zero-order valence-corrected chi connectivity index (χ0v) is 10.2. The summed E-state index contributed by atoms with van der Waals surface area (Å²) in [7, 11) is 0. The van der Waals surface area contributed by atoms with Gasteiger partial charge in [0, 0.05) is 0 Å². The summed E-state index contributed by atoms with van der Waals surface area (Å²) >= 11 is 0. The fourth-order valence-corrected chi connectivity index (χ4v) is 2.52. The molecule has 0 atom stereocenters. The zero-order chi connectivity index (χ0) is 13.2. The third kappa shape index (κ3) is 1.71. The summed E-state index contributed by atoms with van der Waals surface area (Å²) in [5.74, 6) is -0.740. The first-order chi connectivity index (χ1) is 9.35. The largest absolute Gasteiger partial charge is 0.196 e. The van der Waals surface area contributed by atoms with E-state index in [2.05, 4.69) is 18.2 Å². The van der Waals surface area contributed by atoms with Crippen LogP contribution < -0.4 is 0 Å². The van der Waals surface area contributed by atoms with Crippen LogP contribution >= 0.6 is 0 Å². The number of fused-ring (bicyclic) bond motifs is 2. The molecule has 0 radical (unpaired) electrons. The summed E-state index contributed by atoms with van der Waals surface area (Å²) in [6, 6.07) is 22.1. The molecule has 2 heteroatoms.